The van der Waals surface area contributed by atoms with Gasteiger partial charge in [-0.2, -0.15) is 0 Å². The minimum atomic E-state index is -0.804. The molecule has 2 aromatic carbocycles. The molecule has 1 aliphatic heterocycles. The molecule has 1 N–H and O–H groups in total. The Labute approximate surface area is 170 Å². The van der Waals surface area contributed by atoms with E-state index in [0.717, 1.165) is 4.90 Å². The second-order valence-corrected chi connectivity index (χ2v) is 6.52. The number of alkyl halides is 1. The highest BCUT2D eigenvalue weighted by molar-refractivity contribution is 9.09. The Morgan fingerprint density at radius 2 is 1.79 bits per heavy atom. The zero-order chi connectivity index (χ0) is 20.1. The Morgan fingerprint density at radius 1 is 1.07 bits per heavy atom. The Bertz CT molecular complexity index is 940. The second kappa shape index (κ2) is 8.71. The first-order valence-corrected chi connectivity index (χ1v) is 9.50. The second-order valence-electron chi connectivity index (χ2n) is 5.73. The Kier molecular flexibility index (Phi) is 6.10. The van der Waals surface area contributed by atoms with Crippen molar-refractivity contribution in [2.45, 2.75) is 0 Å². The SMILES string of the molecule is COc1ccc(N2C(=O)NC(=O)/C(=C/c3ccccc3OCCBr)C2=O)cc1. The fraction of sp³-hybridized carbons (Fsp3) is 0.150. The standard InChI is InChI=1S/C20H17BrN2O5/c1-27-15-8-6-14(7-9-15)23-19(25)16(18(24)22-20(23)26)12-13-4-2-3-5-17(13)28-11-10-21/h2-9,12H,10-11H2,1H3,(H,22,24,26)/b16-12-. The lowest BCUT2D eigenvalue weighted by atomic mass is 10.1. The number of amides is 4. The van der Waals surface area contributed by atoms with E-state index in [1.165, 1.54) is 13.2 Å². The number of nitrogens with zero attached hydrogens (tertiary/aromatic N) is 1. The van der Waals surface area contributed by atoms with E-state index in [2.05, 4.69) is 21.2 Å². The summed E-state index contributed by atoms with van der Waals surface area (Å²) in [6.07, 6.45) is 1.42. The topological polar surface area (TPSA) is 84.9 Å². The van der Waals surface area contributed by atoms with Crippen LogP contribution >= 0.6 is 15.9 Å². The van der Waals surface area contributed by atoms with Crippen LogP contribution in [0.3, 0.4) is 0 Å². The van der Waals surface area contributed by atoms with Crippen LogP contribution in [0, 0.1) is 0 Å². The van der Waals surface area contributed by atoms with Gasteiger partial charge in [0.25, 0.3) is 11.8 Å². The van der Waals surface area contributed by atoms with Gasteiger partial charge in [0.15, 0.2) is 0 Å². The molecule has 0 unspecified atom stereocenters. The minimum absolute atomic E-state index is 0.162. The molecule has 2 aromatic rings. The summed E-state index contributed by atoms with van der Waals surface area (Å²) in [5.41, 5.74) is 0.724. The Hall–Kier alpha value is -3.13. The molecule has 0 bridgehead atoms. The van der Waals surface area contributed by atoms with Crippen LogP contribution in [0.25, 0.3) is 6.08 Å². The quantitative estimate of drug-likeness (QED) is 0.420. The van der Waals surface area contributed by atoms with E-state index in [0.29, 0.717) is 34.7 Å². The van der Waals surface area contributed by atoms with Crippen LogP contribution in [-0.4, -0.2) is 36.9 Å². The summed E-state index contributed by atoms with van der Waals surface area (Å²) in [6.45, 7) is 0.427. The van der Waals surface area contributed by atoms with Gasteiger partial charge in [0.05, 0.1) is 19.4 Å². The molecule has 0 aromatic heterocycles. The highest BCUT2D eigenvalue weighted by Crippen LogP contribution is 2.26. The third kappa shape index (κ3) is 4.07. The van der Waals surface area contributed by atoms with Crippen LogP contribution in [0.1, 0.15) is 5.56 Å². The van der Waals surface area contributed by atoms with Gasteiger partial charge in [0.1, 0.15) is 17.1 Å². The molecule has 3 rings (SSSR count). The summed E-state index contributed by atoms with van der Waals surface area (Å²) in [6, 6.07) is 12.6. The van der Waals surface area contributed by atoms with Crippen LogP contribution in [0.15, 0.2) is 54.1 Å². The molecule has 1 heterocycles. The number of rotatable bonds is 6. The zero-order valence-electron chi connectivity index (χ0n) is 15.0. The summed E-state index contributed by atoms with van der Waals surface area (Å²) >= 11 is 3.29. The van der Waals surface area contributed by atoms with Crippen molar-refractivity contribution in [3.05, 3.63) is 59.7 Å². The zero-order valence-corrected chi connectivity index (χ0v) is 16.6. The third-order valence-corrected chi connectivity index (χ3v) is 4.31. The third-order valence-electron chi connectivity index (χ3n) is 3.99. The van der Waals surface area contributed by atoms with Crippen LogP contribution in [0.2, 0.25) is 0 Å². The van der Waals surface area contributed by atoms with Gasteiger partial charge in [-0.1, -0.05) is 34.1 Å². The number of halogens is 1. The van der Waals surface area contributed by atoms with Crippen molar-refractivity contribution in [1.82, 2.24) is 5.32 Å². The first-order chi connectivity index (χ1) is 13.5. The molecule has 7 nitrogen and oxygen atoms in total. The highest BCUT2D eigenvalue weighted by atomic mass is 79.9. The molecule has 0 aliphatic carbocycles. The monoisotopic (exact) mass is 444 g/mol. The number of benzene rings is 2. The van der Waals surface area contributed by atoms with Gasteiger partial charge in [-0.15, -0.1) is 0 Å². The number of hydrogen-bond acceptors (Lipinski definition) is 5. The summed E-state index contributed by atoms with van der Waals surface area (Å²) in [5.74, 6) is -0.356. The number of hydrogen-bond donors (Lipinski definition) is 1. The maximum absolute atomic E-state index is 12.9. The lowest BCUT2D eigenvalue weighted by Gasteiger charge is -2.26. The molecular weight excluding hydrogens is 428 g/mol. The summed E-state index contributed by atoms with van der Waals surface area (Å²) in [4.78, 5) is 38.4. The number of carbonyl (C=O) groups excluding carboxylic acids is 3. The van der Waals surface area contributed by atoms with Crippen molar-refractivity contribution in [3.63, 3.8) is 0 Å². The molecule has 1 aliphatic rings. The van der Waals surface area contributed by atoms with Crippen molar-refractivity contribution in [2.24, 2.45) is 0 Å². The number of anilines is 1. The van der Waals surface area contributed by atoms with E-state index in [4.69, 9.17) is 9.47 Å². The van der Waals surface area contributed by atoms with Crippen molar-refractivity contribution >= 4 is 45.5 Å². The molecular formula is C20H17BrN2O5. The predicted molar refractivity (Wildman–Crippen MR) is 108 cm³/mol. The van der Waals surface area contributed by atoms with Gasteiger partial charge in [0.2, 0.25) is 0 Å². The molecule has 8 heteroatoms. The molecule has 0 spiro atoms. The number of barbiturate groups is 1. The Balaban J connectivity index is 1.97. The number of imide groups is 2. The largest absolute Gasteiger partial charge is 0.497 e. The van der Waals surface area contributed by atoms with Gasteiger partial charge in [-0.25, -0.2) is 9.69 Å². The van der Waals surface area contributed by atoms with Crippen molar-refractivity contribution in [3.8, 4) is 11.5 Å². The number of methoxy groups -OCH3 is 1. The van der Waals surface area contributed by atoms with Crippen molar-refractivity contribution in [1.29, 1.82) is 0 Å². The van der Waals surface area contributed by atoms with E-state index in [1.54, 1.807) is 48.5 Å². The predicted octanol–water partition coefficient (Wildman–Crippen LogP) is 3.14. The number of urea groups is 1. The van der Waals surface area contributed by atoms with E-state index in [-0.39, 0.29) is 5.57 Å². The summed E-state index contributed by atoms with van der Waals surface area (Å²) in [5, 5.41) is 2.84. The number of carbonyl (C=O) groups is 3. The van der Waals surface area contributed by atoms with E-state index in [1.807, 2.05) is 0 Å². The van der Waals surface area contributed by atoms with Crippen molar-refractivity contribution in [2.75, 3.05) is 23.9 Å². The first kappa shape index (κ1) is 19.6. The summed E-state index contributed by atoms with van der Waals surface area (Å²) in [7, 11) is 1.52. The number of nitrogens with one attached hydrogen (secondary N) is 1. The minimum Gasteiger partial charge on any atom is -0.497 e. The number of ether oxygens (including phenoxy) is 2. The van der Waals surface area contributed by atoms with Crippen LogP contribution in [-0.2, 0) is 9.59 Å². The van der Waals surface area contributed by atoms with Gasteiger partial charge < -0.3 is 9.47 Å². The Morgan fingerprint density at radius 3 is 2.46 bits per heavy atom. The average molecular weight is 445 g/mol. The molecule has 0 atom stereocenters. The van der Waals surface area contributed by atoms with Gasteiger partial charge in [-0.05, 0) is 36.4 Å². The maximum Gasteiger partial charge on any atom is 0.335 e. The van der Waals surface area contributed by atoms with Crippen molar-refractivity contribution < 1.29 is 23.9 Å². The molecule has 1 saturated heterocycles. The van der Waals surface area contributed by atoms with E-state index in [9.17, 15) is 14.4 Å². The lowest BCUT2D eigenvalue weighted by Crippen LogP contribution is -2.54. The average Bonchev–Trinajstić information content (AvgIpc) is 2.70. The van der Waals surface area contributed by atoms with E-state index < -0.39 is 17.8 Å². The maximum atomic E-state index is 12.9. The van der Waals surface area contributed by atoms with Crippen LogP contribution < -0.4 is 19.7 Å². The smallest absolute Gasteiger partial charge is 0.335 e. The molecule has 0 radical (unpaired) electrons. The fourth-order valence-corrected chi connectivity index (χ4v) is 2.82. The van der Waals surface area contributed by atoms with Crippen LogP contribution in [0.4, 0.5) is 10.5 Å². The molecule has 0 saturated carbocycles. The highest BCUT2D eigenvalue weighted by Gasteiger charge is 2.36. The molecule has 28 heavy (non-hydrogen) atoms. The molecule has 4 amide bonds. The first-order valence-electron chi connectivity index (χ1n) is 8.38. The number of para-hydroxylation sites is 1. The van der Waals surface area contributed by atoms with Gasteiger partial charge >= 0.3 is 6.03 Å². The normalized spacial score (nSPS) is 15.6. The fourth-order valence-electron chi connectivity index (χ4n) is 2.66. The lowest BCUT2D eigenvalue weighted by molar-refractivity contribution is -0.122. The van der Waals surface area contributed by atoms with Crippen LogP contribution in [0.5, 0.6) is 11.5 Å². The van der Waals surface area contributed by atoms with Gasteiger partial charge in [-0.3, -0.25) is 14.9 Å². The molecule has 144 valence electrons. The van der Waals surface area contributed by atoms with Gasteiger partial charge in [0, 0.05) is 10.9 Å². The molecule has 1 fully saturated rings. The van der Waals surface area contributed by atoms with E-state index >= 15 is 0 Å². The summed E-state index contributed by atoms with van der Waals surface area (Å²) < 4.78 is 10.7.